The fraction of sp³-hybridized carbons (Fsp3) is 0.211. The number of hydrogen-bond acceptors (Lipinski definition) is 5. The first-order valence-corrected chi connectivity index (χ1v) is 9.06. The van der Waals surface area contributed by atoms with E-state index in [1.54, 1.807) is 20.2 Å². The molecule has 1 heterocycles. The standard InChI is InChI=1S/C19H18FN3O3S/c1-21-19(22-13-4-3-5-15(10-13)26-2)27-16-11-17(24)23(18(16)25)14-8-6-12(20)7-9-14/h3-10,16H,11H2,1-2H3,(H,21,22)/t16-/m0/s1. The van der Waals surface area contributed by atoms with Gasteiger partial charge in [0.25, 0.3) is 0 Å². The number of methoxy groups -OCH3 is 1. The molecule has 0 radical (unpaired) electrons. The molecule has 0 aromatic heterocycles. The highest BCUT2D eigenvalue weighted by atomic mass is 32.2. The summed E-state index contributed by atoms with van der Waals surface area (Å²) in [7, 11) is 3.18. The molecule has 0 bridgehead atoms. The Labute approximate surface area is 160 Å². The highest BCUT2D eigenvalue weighted by Crippen LogP contribution is 2.31. The summed E-state index contributed by atoms with van der Waals surface area (Å²) in [6, 6.07) is 12.6. The van der Waals surface area contributed by atoms with Crippen LogP contribution in [0.15, 0.2) is 53.5 Å². The van der Waals surface area contributed by atoms with Gasteiger partial charge in [0.1, 0.15) is 16.8 Å². The summed E-state index contributed by atoms with van der Waals surface area (Å²) in [5, 5.41) is 3.04. The minimum atomic E-state index is -0.598. The SMILES string of the molecule is CN=C(Nc1cccc(OC)c1)S[C@H]1CC(=O)N(c2ccc(F)cc2)C1=O. The molecule has 6 nitrogen and oxygen atoms in total. The number of ether oxygens (including phenoxy) is 1. The smallest absolute Gasteiger partial charge is 0.247 e. The van der Waals surface area contributed by atoms with Gasteiger partial charge in [0.2, 0.25) is 11.8 Å². The van der Waals surface area contributed by atoms with Crippen LogP contribution in [-0.4, -0.2) is 36.4 Å². The first-order valence-electron chi connectivity index (χ1n) is 8.18. The van der Waals surface area contributed by atoms with Crippen molar-refractivity contribution in [2.24, 2.45) is 4.99 Å². The van der Waals surface area contributed by atoms with Crippen LogP contribution in [0.5, 0.6) is 5.75 Å². The van der Waals surface area contributed by atoms with Gasteiger partial charge in [-0.05, 0) is 36.4 Å². The first kappa shape index (κ1) is 18.9. The Morgan fingerprint density at radius 1 is 1.26 bits per heavy atom. The molecule has 1 N–H and O–H groups in total. The van der Waals surface area contributed by atoms with Crippen molar-refractivity contribution in [2.75, 3.05) is 24.4 Å². The van der Waals surface area contributed by atoms with Crippen LogP contribution in [0.2, 0.25) is 0 Å². The van der Waals surface area contributed by atoms with E-state index in [0.29, 0.717) is 16.6 Å². The van der Waals surface area contributed by atoms with E-state index in [0.717, 1.165) is 10.6 Å². The molecule has 2 amide bonds. The normalized spacial score (nSPS) is 17.4. The molecule has 2 aromatic carbocycles. The predicted molar refractivity (Wildman–Crippen MR) is 105 cm³/mol. The number of carbonyl (C=O) groups is 2. The number of nitrogens with zero attached hydrogens (tertiary/aromatic N) is 2. The van der Waals surface area contributed by atoms with E-state index < -0.39 is 11.1 Å². The molecule has 0 spiro atoms. The lowest BCUT2D eigenvalue weighted by Gasteiger charge is -2.15. The second-order valence-electron chi connectivity index (χ2n) is 5.74. The van der Waals surface area contributed by atoms with Gasteiger partial charge >= 0.3 is 0 Å². The van der Waals surface area contributed by atoms with Gasteiger partial charge in [-0.15, -0.1) is 0 Å². The average Bonchev–Trinajstić information content (AvgIpc) is 2.95. The average molecular weight is 387 g/mol. The van der Waals surface area contributed by atoms with Crippen LogP contribution in [0.25, 0.3) is 0 Å². The topological polar surface area (TPSA) is 71.0 Å². The lowest BCUT2D eigenvalue weighted by molar-refractivity contribution is -0.121. The monoisotopic (exact) mass is 387 g/mol. The summed E-state index contributed by atoms with van der Waals surface area (Å²) < 4.78 is 18.3. The van der Waals surface area contributed by atoms with Crippen molar-refractivity contribution in [1.82, 2.24) is 0 Å². The number of hydrogen-bond donors (Lipinski definition) is 1. The number of rotatable bonds is 4. The molecule has 8 heteroatoms. The molecule has 140 valence electrons. The number of halogens is 1. The molecule has 1 atom stereocenters. The van der Waals surface area contributed by atoms with Crippen LogP contribution in [0, 0.1) is 5.82 Å². The lowest BCUT2D eigenvalue weighted by Crippen LogP contribution is -2.31. The van der Waals surface area contributed by atoms with Gasteiger partial charge < -0.3 is 10.1 Å². The van der Waals surface area contributed by atoms with Gasteiger partial charge in [-0.1, -0.05) is 17.8 Å². The zero-order valence-corrected chi connectivity index (χ0v) is 15.6. The molecule has 1 aliphatic rings. The lowest BCUT2D eigenvalue weighted by atomic mass is 10.3. The molecule has 1 fully saturated rings. The Kier molecular flexibility index (Phi) is 5.75. The minimum Gasteiger partial charge on any atom is -0.497 e. The molecule has 0 unspecified atom stereocenters. The molecule has 27 heavy (non-hydrogen) atoms. The van der Waals surface area contributed by atoms with E-state index in [9.17, 15) is 14.0 Å². The van der Waals surface area contributed by atoms with Crippen molar-refractivity contribution in [3.05, 3.63) is 54.3 Å². The summed E-state index contributed by atoms with van der Waals surface area (Å²) in [6.45, 7) is 0. The molecule has 1 saturated heterocycles. The van der Waals surface area contributed by atoms with Gasteiger partial charge in [0.05, 0.1) is 12.8 Å². The maximum Gasteiger partial charge on any atom is 0.247 e. The molecular formula is C19H18FN3O3S. The molecule has 3 rings (SSSR count). The number of imide groups is 1. The number of benzene rings is 2. The van der Waals surface area contributed by atoms with E-state index in [1.165, 1.54) is 36.0 Å². The highest BCUT2D eigenvalue weighted by molar-refractivity contribution is 8.15. The van der Waals surface area contributed by atoms with Crippen molar-refractivity contribution in [3.63, 3.8) is 0 Å². The maximum absolute atomic E-state index is 13.1. The number of amidine groups is 1. The van der Waals surface area contributed by atoms with Crippen molar-refractivity contribution in [2.45, 2.75) is 11.7 Å². The number of carbonyl (C=O) groups excluding carboxylic acids is 2. The van der Waals surface area contributed by atoms with Crippen molar-refractivity contribution >= 4 is 40.1 Å². The molecule has 1 aliphatic heterocycles. The Balaban J connectivity index is 1.71. The van der Waals surface area contributed by atoms with E-state index >= 15 is 0 Å². The van der Waals surface area contributed by atoms with Gasteiger partial charge in [0, 0.05) is 25.2 Å². The van der Waals surface area contributed by atoms with Gasteiger partial charge in [-0.25, -0.2) is 9.29 Å². The Bertz CT molecular complexity index is 886. The van der Waals surface area contributed by atoms with Crippen molar-refractivity contribution < 1.29 is 18.7 Å². The van der Waals surface area contributed by atoms with E-state index in [-0.39, 0.29) is 18.2 Å². The number of nitrogens with one attached hydrogen (secondary N) is 1. The Morgan fingerprint density at radius 3 is 2.67 bits per heavy atom. The number of anilines is 2. The third-order valence-corrected chi connectivity index (χ3v) is 5.13. The molecular weight excluding hydrogens is 369 g/mol. The highest BCUT2D eigenvalue weighted by Gasteiger charge is 2.40. The van der Waals surface area contributed by atoms with Gasteiger partial charge in [0.15, 0.2) is 5.17 Å². The fourth-order valence-corrected chi connectivity index (χ4v) is 3.64. The van der Waals surface area contributed by atoms with E-state index in [1.807, 2.05) is 18.2 Å². The van der Waals surface area contributed by atoms with Crippen molar-refractivity contribution in [1.29, 1.82) is 0 Å². The quantitative estimate of drug-likeness (QED) is 0.495. The minimum absolute atomic E-state index is 0.0552. The van der Waals surface area contributed by atoms with E-state index in [2.05, 4.69) is 10.3 Å². The predicted octanol–water partition coefficient (Wildman–Crippen LogP) is 3.30. The van der Waals surface area contributed by atoms with Crippen molar-refractivity contribution in [3.8, 4) is 5.75 Å². The maximum atomic E-state index is 13.1. The fourth-order valence-electron chi connectivity index (χ4n) is 2.65. The summed E-state index contributed by atoms with van der Waals surface area (Å²) >= 11 is 1.19. The van der Waals surface area contributed by atoms with E-state index in [4.69, 9.17) is 4.74 Å². The largest absolute Gasteiger partial charge is 0.497 e. The van der Waals surface area contributed by atoms with Gasteiger partial charge in [-0.2, -0.15) is 0 Å². The zero-order valence-electron chi connectivity index (χ0n) is 14.8. The Morgan fingerprint density at radius 2 is 2.00 bits per heavy atom. The van der Waals surface area contributed by atoms with Crippen LogP contribution in [0.3, 0.4) is 0 Å². The van der Waals surface area contributed by atoms with Gasteiger partial charge in [-0.3, -0.25) is 14.6 Å². The van der Waals surface area contributed by atoms with Crippen LogP contribution < -0.4 is 15.0 Å². The number of amides is 2. The number of thioether (sulfide) groups is 1. The second-order valence-corrected chi connectivity index (χ2v) is 6.93. The zero-order chi connectivity index (χ0) is 19.4. The Hall–Kier alpha value is -2.87. The summed E-state index contributed by atoms with van der Waals surface area (Å²) in [5.74, 6) is -0.395. The summed E-state index contributed by atoms with van der Waals surface area (Å²) in [6.07, 6.45) is 0.0552. The first-order chi connectivity index (χ1) is 13.0. The molecule has 0 saturated carbocycles. The molecule has 0 aliphatic carbocycles. The van der Waals surface area contributed by atoms with Crippen LogP contribution in [-0.2, 0) is 9.59 Å². The number of aliphatic imine (C=N–C) groups is 1. The third-order valence-electron chi connectivity index (χ3n) is 3.97. The molecule has 2 aromatic rings. The third kappa shape index (κ3) is 4.28. The van der Waals surface area contributed by atoms with Crippen LogP contribution >= 0.6 is 11.8 Å². The summed E-state index contributed by atoms with van der Waals surface area (Å²) in [4.78, 5) is 30.3. The van der Waals surface area contributed by atoms with Crippen LogP contribution in [0.1, 0.15) is 6.42 Å². The summed E-state index contributed by atoms with van der Waals surface area (Å²) in [5.41, 5.74) is 1.12. The van der Waals surface area contributed by atoms with Crippen LogP contribution in [0.4, 0.5) is 15.8 Å². The second kappa shape index (κ2) is 8.22.